The van der Waals surface area contributed by atoms with Crippen LogP contribution in [0.2, 0.25) is 5.02 Å². The van der Waals surface area contributed by atoms with Crippen molar-refractivity contribution in [2.45, 2.75) is 17.9 Å². The molecule has 1 heterocycles. The Morgan fingerprint density at radius 3 is 2.48 bits per heavy atom. The summed E-state index contributed by atoms with van der Waals surface area (Å²) in [5.41, 5.74) is 2.45. The zero-order valence-electron chi connectivity index (χ0n) is 14.6. The topological polar surface area (TPSA) is 26.7 Å². The van der Waals surface area contributed by atoms with Gasteiger partial charge in [0.15, 0.2) is 0 Å². The van der Waals surface area contributed by atoms with Crippen LogP contribution in [0.5, 0.6) is 0 Å². The number of hydrogen-bond donors (Lipinski definition) is 1. The number of β-amino-alcohol motifs (C(OH)–C–C–N with tert-alkyl or cyclic N) is 1. The van der Waals surface area contributed by atoms with Crippen molar-refractivity contribution in [3.8, 4) is 0 Å². The Morgan fingerprint density at radius 2 is 1.80 bits per heavy atom. The van der Waals surface area contributed by atoms with Gasteiger partial charge in [-0.2, -0.15) is 0 Å². The van der Waals surface area contributed by atoms with Crippen molar-refractivity contribution in [3.63, 3.8) is 0 Å². The summed E-state index contributed by atoms with van der Waals surface area (Å²) >= 11 is 7.81. The molecule has 0 radical (unpaired) electrons. The van der Waals surface area contributed by atoms with Crippen LogP contribution < -0.4 is 4.90 Å². The number of anilines is 1. The Kier molecular flexibility index (Phi) is 6.65. The lowest BCUT2D eigenvalue weighted by molar-refractivity contribution is 0.126. The molecule has 1 aliphatic rings. The highest BCUT2D eigenvalue weighted by atomic mass is 35.5. The van der Waals surface area contributed by atoms with E-state index >= 15 is 0 Å². The highest BCUT2D eigenvalue weighted by Gasteiger charge is 2.19. The van der Waals surface area contributed by atoms with E-state index in [2.05, 4.69) is 47.1 Å². The van der Waals surface area contributed by atoms with E-state index in [-0.39, 0.29) is 6.10 Å². The van der Waals surface area contributed by atoms with Gasteiger partial charge < -0.3 is 10.0 Å². The smallest absolute Gasteiger partial charge is 0.0760 e. The molecular weight excluding hydrogens is 352 g/mol. The molecule has 1 fully saturated rings. The maximum absolute atomic E-state index is 10.3. The molecule has 0 saturated carbocycles. The van der Waals surface area contributed by atoms with Crippen LogP contribution in [-0.4, -0.2) is 54.6 Å². The van der Waals surface area contributed by atoms with E-state index in [1.165, 1.54) is 16.1 Å². The summed E-state index contributed by atoms with van der Waals surface area (Å²) in [6, 6.07) is 16.5. The lowest BCUT2D eigenvalue weighted by Crippen LogP contribution is -2.48. The fourth-order valence-corrected chi connectivity index (χ4v) is 4.04. The van der Waals surface area contributed by atoms with Crippen molar-refractivity contribution in [2.75, 3.05) is 43.4 Å². The average molecular weight is 377 g/mol. The number of thioether (sulfide) groups is 1. The molecule has 0 unspecified atom stereocenters. The summed E-state index contributed by atoms with van der Waals surface area (Å²) < 4.78 is 0. The monoisotopic (exact) mass is 376 g/mol. The second kappa shape index (κ2) is 8.95. The standard InChI is InChI=1S/C20H25ClN2OS/c1-16-5-7-20(8-6-16)25-15-19(24)14-22-9-11-23(12-10-22)18-4-2-3-17(21)13-18/h2-8,13,19,24H,9-12,14-15H2,1H3/t19-/m1/s1. The van der Waals surface area contributed by atoms with Crippen LogP contribution in [0.4, 0.5) is 5.69 Å². The Hall–Kier alpha value is -1.20. The molecule has 2 aromatic carbocycles. The Labute approximate surface area is 159 Å². The number of aryl methyl sites for hydroxylation is 1. The molecule has 1 saturated heterocycles. The first-order valence-electron chi connectivity index (χ1n) is 8.70. The van der Waals surface area contributed by atoms with Gasteiger partial charge in [0.1, 0.15) is 0 Å². The number of aliphatic hydroxyl groups excluding tert-OH is 1. The Balaban J connectivity index is 1.41. The summed E-state index contributed by atoms with van der Waals surface area (Å²) in [6.45, 7) is 6.71. The van der Waals surface area contributed by atoms with Crippen LogP contribution in [0.15, 0.2) is 53.4 Å². The minimum absolute atomic E-state index is 0.302. The molecule has 1 N–H and O–H groups in total. The maximum Gasteiger partial charge on any atom is 0.0760 e. The van der Waals surface area contributed by atoms with Gasteiger partial charge in [-0.25, -0.2) is 0 Å². The molecule has 1 atom stereocenters. The molecular formula is C20H25ClN2OS. The normalized spacial score (nSPS) is 16.8. The minimum Gasteiger partial charge on any atom is -0.391 e. The van der Waals surface area contributed by atoms with Crippen LogP contribution in [0.3, 0.4) is 0 Å². The summed E-state index contributed by atoms with van der Waals surface area (Å²) in [4.78, 5) is 5.92. The molecule has 3 nitrogen and oxygen atoms in total. The number of aliphatic hydroxyl groups is 1. The molecule has 5 heteroatoms. The number of benzene rings is 2. The van der Waals surface area contributed by atoms with Crippen molar-refractivity contribution < 1.29 is 5.11 Å². The predicted molar refractivity (Wildman–Crippen MR) is 108 cm³/mol. The fourth-order valence-electron chi connectivity index (χ4n) is 3.04. The van der Waals surface area contributed by atoms with E-state index in [0.29, 0.717) is 0 Å². The van der Waals surface area contributed by atoms with Gasteiger partial charge in [-0.15, -0.1) is 11.8 Å². The van der Waals surface area contributed by atoms with Gasteiger partial charge in [0.2, 0.25) is 0 Å². The summed E-state index contributed by atoms with van der Waals surface area (Å²) in [5.74, 6) is 0.734. The van der Waals surface area contributed by atoms with Gasteiger partial charge in [-0.05, 0) is 37.3 Å². The first-order valence-corrected chi connectivity index (χ1v) is 10.1. The van der Waals surface area contributed by atoms with Crippen molar-refractivity contribution in [1.29, 1.82) is 0 Å². The van der Waals surface area contributed by atoms with E-state index in [1.54, 1.807) is 11.8 Å². The molecule has 0 spiro atoms. The second-order valence-corrected chi connectivity index (χ2v) is 8.08. The highest BCUT2D eigenvalue weighted by molar-refractivity contribution is 7.99. The van der Waals surface area contributed by atoms with Crippen molar-refractivity contribution >= 4 is 29.1 Å². The van der Waals surface area contributed by atoms with Gasteiger partial charge >= 0.3 is 0 Å². The number of rotatable bonds is 6. The number of nitrogens with zero attached hydrogens (tertiary/aromatic N) is 2. The van der Waals surface area contributed by atoms with E-state index < -0.39 is 0 Å². The maximum atomic E-state index is 10.3. The molecule has 25 heavy (non-hydrogen) atoms. The van der Waals surface area contributed by atoms with Gasteiger partial charge in [0.05, 0.1) is 6.10 Å². The largest absolute Gasteiger partial charge is 0.391 e. The van der Waals surface area contributed by atoms with E-state index in [0.717, 1.165) is 43.5 Å². The fraction of sp³-hybridized carbons (Fsp3) is 0.400. The van der Waals surface area contributed by atoms with Crippen molar-refractivity contribution in [3.05, 3.63) is 59.1 Å². The van der Waals surface area contributed by atoms with Crippen molar-refractivity contribution in [1.82, 2.24) is 4.90 Å². The third kappa shape index (κ3) is 5.65. The van der Waals surface area contributed by atoms with Crippen LogP contribution in [0.1, 0.15) is 5.56 Å². The number of halogens is 1. The molecule has 0 aliphatic carbocycles. The van der Waals surface area contributed by atoms with Gasteiger partial charge in [-0.3, -0.25) is 4.90 Å². The first-order chi connectivity index (χ1) is 12.1. The minimum atomic E-state index is -0.302. The van der Waals surface area contributed by atoms with E-state index in [1.807, 2.05) is 18.2 Å². The predicted octanol–water partition coefficient (Wildman–Crippen LogP) is 3.92. The summed E-state index contributed by atoms with van der Waals surface area (Å²) in [5, 5.41) is 11.1. The SMILES string of the molecule is Cc1ccc(SC[C@H](O)CN2CCN(c3cccc(Cl)c3)CC2)cc1. The number of piperazine rings is 1. The van der Waals surface area contributed by atoms with Crippen LogP contribution in [0.25, 0.3) is 0 Å². The highest BCUT2D eigenvalue weighted by Crippen LogP contribution is 2.22. The molecule has 0 bridgehead atoms. The first kappa shape index (κ1) is 18.6. The third-order valence-corrected chi connectivity index (χ3v) is 5.87. The van der Waals surface area contributed by atoms with Crippen LogP contribution in [-0.2, 0) is 0 Å². The number of hydrogen-bond acceptors (Lipinski definition) is 4. The van der Waals surface area contributed by atoms with Gasteiger partial charge in [0, 0.05) is 54.1 Å². The van der Waals surface area contributed by atoms with Crippen LogP contribution in [0, 0.1) is 6.92 Å². The molecule has 0 amide bonds. The molecule has 0 aromatic heterocycles. The zero-order valence-corrected chi connectivity index (χ0v) is 16.1. The molecule has 134 valence electrons. The lowest BCUT2D eigenvalue weighted by atomic mass is 10.2. The molecule has 1 aliphatic heterocycles. The Morgan fingerprint density at radius 1 is 1.08 bits per heavy atom. The molecule has 2 aromatic rings. The average Bonchev–Trinajstić information content (AvgIpc) is 2.62. The lowest BCUT2D eigenvalue weighted by Gasteiger charge is -2.37. The summed E-state index contributed by atoms with van der Waals surface area (Å²) in [6.07, 6.45) is -0.302. The van der Waals surface area contributed by atoms with Crippen molar-refractivity contribution in [2.24, 2.45) is 0 Å². The summed E-state index contributed by atoms with van der Waals surface area (Å²) in [7, 11) is 0. The molecule has 3 rings (SSSR count). The van der Waals surface area contributed by atoms with Gasteiger partial charge in [-0.1, -0.05) is 35.4 Å². The van der Waals surface area contributed by atoms with Gasteiger partial charge in [0.25, 0.3) is 0 Å². The third-order valence-electron chi connectivity index (χ3n) is 4.48. The second-order valence-electron chi connectivity index (χ2n) is 6.55. The van der Waals surface area contributed by atoms with Crippen LogP contribution >= 0.6 is 23.4 Å². The van der Waals surface area contributed by atoms with E-state index in [4.69, 9.17) is 11.6 Å². The Bertz CT molecular complexity index is 672. The quantitative estimate of drug-likeness (QED) is 0.773. The van der Waals surface area contributed by atoms with E-state index in [9.17, 15) is 5.11 Å². The zero-order chi connectivity index (χ0) is 17.6.